The molecule has 0 radical (unpaired) electrons. The van der Waals surface area contributed by atoms with Gasteiger partial charge in [-0.3, -0.25) is 4.79 Å². The number of hydrogen-bond donors (Lipinski definition) is 1. The fraction of sp³-hybridized carbons (Fsp3) is 0.375. The molecule has 1 unspecified atom stereocenters. The Morgan fingerprint density at radius 3 is 2.92 bits per heavy atom. The second-order valence-corrected chi connectivity index (χ2v) is 4.52. The van der Waals surface area contributed by atoms with Gasteiger partial charge in [0.25, 0.3) is 0 Å². The van der Waals surface area contributed by atoms with Gasteiger partial charge in [0, 0.05) is 20.6 Å². The van der Waals surface area contributed by atoms with Crippen LogP contribution in [0.1, 0.15) is 24.1 Å². The van der Waals surface area contributed by atoms with Crippen LogP contribution >= 0.6 is 27.3 Å². The van der Waals surface area contributed by atoms with Crippen molar-refractivity contribution in [1.29, 1.82) is 0 Å². The van der Waals surface area contributed by atoms with Crippen molar-refractivity contribution in [2.45, 2.75) is 19.3 Å². The first-order valence-electron chi connectivity index (χ1n) is 3.55. The van der Waals surface area contributed by atoms with Gasteiger partial charge in [-0.15, -0.1) is 11.3 Å². The van der Waals surface area contributed by atoms with Crippen LogP contribution < -0.4 is 0 Å². The summed E-state index contributed by atoms with van der Waals surface area (Å²) in [5.74, 6) is -0.633. The normalized spacial score (nSPS) is 12.8. The highest BCUT2D eigenvalue weighted by Gasteiger charge is 2.11. The maximum absolute atomic E-state index is 10.4. The molecular formula is C8H9BrO2S. The Hall–Kier alpha value is -0.350. The van der Waals surface area contributed by atoms with Gasteiger partial charge in [-0.05, 0) is 22.0 Å². The molecule has 0 aliphatic heterocycles. The zero-order chi connectivity index (χ0) is 9.14. The predicted octanol–water partition coefficient (Wildman–Crippen LogP) is 3.09. The minimum atomic E-state index is -0.743. The second-order valence-electron chi connectivity index (χ2n) is 2.67. The molecule has 1 aromatic rings. The number of thiophene rings is 1. The number of hydrogen-bond acceptors (Lipinski definition) is 2. The Morgan fingerprint density at radius 1 is 1.83 bits per heavy atom. The summed E-state index contributed by atoms with van der Waals surface area (Å²) >= 11 is 4.92. The molecule has 0 saturated heterocycles. The van der Waals surface area contributed by atoms with Crippen molar-refractivity contribution in [2.75, 3.05) is 0 Å². The zero-order valence-electron chi connectivity index (χ0n) is 6.58. The number of halogens is 1. The van der Waals surface area contributed by atoms with E-state index in [2.05, 4.69) is 15.9 Å². The Kier molecular flexibility index (Phi) is 3.29. The summed E-state index contributed by atoms with van der Waals surface area (Å²) in [5.41, 5.74) is 0. The van der Waals surface area contributed by atoms with Crippen LogP contribution in [0, 0.1) is 0 Å². The van der Waals surface area contributed by atoms with Gasteiger partial charge >= 0.3 is 5.97 Å². The number of rotatable bonds is 3. The van der Waals surface area contributed by atoms with Gasteiger partial charge < -0.3 is 5.11 Å². The molecule has 4 heteroatoms. The molecule has 0 aromatic carbocycles. The summed E-state index contributed by atoms with van der Waals surface area (Å²) in [6.45, 7) is 1.92. The summed E-state index contributed by atoms with van der Waals surface area (Å²) in [4.78, 5) is 11.5. The largest absolute Gasteiger partial charge is 0.481 e. The molecule has 1 heterocycles. The average molecular weight is 249 g/mol. The molecule has 1 atom stereocenters. The monoisotopic (exact) mass is 248 g/mol. The van der Waals surface area contributed by atoms with Gasteiger partial charge in [-0.25, -0.2) is 0 Å². The highest BCUT2D eigenvalue weighted by Crippen LogP contribution is 2.28. The lowest BCUT2D eigenvalue weighted by Crippen LogP contribution is -2.00. The first kappa shape index (κ1) is 9.74. The SMILES string of the molecule is CC(CC(=O)O)c1cc(Br)cs1. The van der Waals surface area contributed by atoms with Crippen molar-refractivity contribution in [1.82, 2.24) is 0 Å². The molecule has 66 valence electrons. The summed E-state index contributed by atoms with van der Waals surface area (Å²) in [7, 11) is 0. The Balaban J connectivity index is 2.64. The molecule has 0 spiro atoms. The summed E-state index contributed by atoms with van der Waals surface area (Å²) in [5, 5.41) is 10.5. The van der Waals surface area contributed by atoms with Crippen molar-refractivity contribution in [3.63, 3.8) is 0 Å². The van der Waals surface area contributed by atoms with Gasteiger partial charge in [-0.1, -0.05) is 6.92 Å². The molecule has 1 N–H and O–H groups in total. The molecule has 1 aromatic heterocycles. The molecule has 0 saturated carbocycles. The molecule has 0 aliphatic carbocycles. The molecule has 12 heavy (non-hydrogen) atoms. The van der Waals surface area contributed by atoms with E-state index in [1.165, 1.54) is 0 Å². The van der Waals surface area contributed by atoms with Crippen LogP contribution in [0.4, 0.5) is 0 Å². The van der Waals surface area contributed by atoms with Crippen LogP contribution in [0.15, 0.2) is 15.9 Å². The molecule has 0 amide bonds. The summed E-state index contributed by atoms with van der Waals surface area (Å²) < 4.78 is 1.03. The van der Waals surface area contributed by atoms with Crippen LogP contribution in [0.3, 0.4) is 0 Å². The first-order chi connectivity index (χ1) is 5.59. The van der Waals surface area contributed by atoms with E-state index in [1.54, 1.807) is 11.3 Å². The van der Waals surface area contributed by atoms with E-state index in [9.17, 15) is 4.79 Å². The minimum Gasteiger partial charge on any atom is -0.481 e. The van der Waals surface area contributed by atoms with E-state index in [0.29, 0.717) is 0 Å². The fourth-order valence-corrected chi connectivity index (χ4v) is 2.46. The van der Waals surface area contributed by atoms with Gasteiger partial charge in [0.15, 0.2) is 0 Å². The van der Waals surface area contributed by atoms with Gasteiger partial charge in [-0.2, -0.15) is 0 Å². The maximum atomic E-state index is 10.4. The van der Waals surface area contributed by atoms with Crippen LogP contribution in [-0.2, 0) is 4.79 Å². The third kappa shape index (κ3) is 2.60. The van der Waals surface area contributed by atoms with Gasteiger partial charge in [0.1, 0.15) is 0 Å². The number of aliphatic carboxylic acids is 1. The average Bonchev–Trinajstić information content (AvgIpc) is 2.34. The van der Waals surface area contributed by atoms with Crippen LogP contribution in [0.5, 0.6) is 0 Å². The molecule has 0 aliphatic rings. The van der Waals surface area contributed by atoms with Gasteiger partial charge in [0.05, 0.1) is 6.42 Å². The quantitative estimate of drug-likeness (QED) is 0.893. The van der Waals surface area contributed by atoms with E-state index < -0.39 is 5.97 Å². The lowest BCUT2D eigenvalue weighted by molar-refractivity contribution is -0.137. The third-order valence-corrected chi connectivity index (χ3v) is 3.48. The smallest absolute Gasteiger partial charge is 0.303 e. The van der Waals surface area contributed by atoms with Crippen molar-refractivity contribution in [3.8, 4) is 0 Å². The van der Waals surface area contributed by atoms with Crippen LogP contribution in [0.2, 0.25) is 0 Å². The van der Waals surface area contributed by atoms with E-state index >= 15 is 0 Å². The third-order valence-electron chi connectivity index (χ3n) is 1.55. The topological polar surface area (TPSA) is 37.3 Å². The Morgan fingerprint density at radius 2 is 2.50 bits per heavy atom. The van der Waals surface area contributed by atoms with Crippen molar-refractivity contribution < 1.29 is 9.90 Å². The standard InChI is InChI=1S/C8H9BrO2S/c1-5(2-8(10)11)7-3-6(9)4-12-7/h3-5H,2H2,1H3,(H,10,11). The predicted molar refractivity (Wildman–Crippen MR) is 52.7 cm³/mol. The van der Waals surface area contributed by atoms with E-state index in [-0.39, 0.29) is 12.3 Å². The van der Waals surface area contributed by atoms with E-state index in [1.807, 2.05) is 18.4 Å². The van der Waals surface area contributed by atoms with Crippen molar-refractivity contribution >= 4 is 33.2 Å². The Bertz CT molecular complexity index is 282. The molecule has 0 fully saturated rings. The summed E-state index contributed by atoms with van der Waals surface area (Å²) in [6, 6.07) is 1.97. The first-order valence-corrected chi connectivity index (χ1v) is 5.22. The lowest BCUT2D eigenvalue weighted by Gasteiger charge is -2.03. The molecular weight excluding hydrogens is 240 g/mol. The van der Waals surface area contributed by atoms with Crippen LogP contribution in [0.25, 0.3) is 0 Å². The van der Waals surface area contributed by atoms with Crippen molar-refractivity contribution in [2.24, 2.45) is 0 Å². The highest BCUT2D eigenvalue weighted by molar-refractivity contribution is 9.10. The Labute approximate surface area is 83.4 Å². The molecule has 1 rings (SSSR count). The maximum Gasteiger partial charge on any atom is 0.303 e. The fourth-order valence-electron chi connectivity index (χ4n) is 0.949. The zero-order valence-corrected chi connectivity index (χ0v) is 8.98. The van der Waals surface area contributed by atoms with E-state index in [0.717, 1.165) is 9.35 Å². The minimum absolute atomic E-state index is 0.110. The molecule has 0 bridgehead atoms. The van der Waals surface area contributed by atoms with E-state index in [4.69, 9.17) is 5.11 Å². The number of carboxylic acid groups (broad SMARTS) is 1. The highest BCUT2D eigenvalue weighted by atomic mass is 79.9. The van der Waals surface area contributed by atoms with Crippen LogP contribution in [-0.4, -0.2) is 11.1 Å². The van der Waals surface area contributed by atoms with Gasteiger partial charge in [0.2, 0.25) is 0 Å². The second kappa shape index (κ2) is 4.05. The number of carbonyl (C=O) groups is 1. The summed E-state index contributed by atoms with van der Waals surface area (Å²) in [6.07, 6.45) is 0.201. The lowest BCUT2D eigenvalue weighted by atomic mass is 10.1. The molecule has 2 nitrogen and oxygen atoms in total. The van der Waals surface area contributed by atoms with Crippen molar-refractivity contribution in [3.05, 3.63) is 20.8 Å². The number of carboxylic acids is 1.